The molecule has 0 saturated heterocycles. The highest BCUT2D eigenvalue weighted by molar-refractivity contribution is 6.09. The zero-order chi connectivity index (χ0) is 25.1. The molecule has 1 atom stereocenters. The summed E-state index contributed by atoms with van der Waals surface area (Å²) in [6.45, 7) is 4.56. The Morgan fingerprint density at radius 2 is 1.80 bits per heavy atom. The summed E-state index contributed by atoms with van der Waals surface area (Å²) in [6, 6.07) is 19.2. The van der Waals surface area contributed by atoms with Crippen LogP contribution in [0.25, 0.3) is 0 Å². The number of carbonyl (C=O) groups is 2. The summed E-state index contributed by atoms with van der Waals surface area (Å²) < 4.78 is 5.56. The zero-order valence-corrected chi connectivity index (χ0v) is 21.1. The Kier molecular flexibility index (Phi) is 7.22. The summed E-state index contributed by atoms with van der Waals surface area (Å²) in [6.07, 6.45) is 1.89. The highest BCUT2D eigenvalue weighted by Gasteiger charge is 2.28. The normalized spacial score (nSPS) is 15.4. The second-order valence-electron chi connectivity index (χ2n) is 9.25. The van der Waals surface area contributed by atoms with Gasteiger partial charge in [0.15, 0.2) is 0 Å². The Hall–Kier alpha value is -3.64. The summed E-state index contributed by atoms with van der Waals surface area (Å²) in [5.41, 5.74) is 5.76. The predicted octanol–water partition coefficient (Wildman–Crippen LogP) is 5.61. The summed E-state index contributed by atoms with van der Waals surface area (Å²) >= 11 is 0. The molecular weight excluding hydrogens is 438 g/mol. The van der Waals surface area contributed by atoms with E-state index in [2.05, 4.69) is 30.4 Å². The molecule has 0 aliphatic carbocycles. The average molecular weight is 472 g/mol. The van der Waals surface area contributed by atoms with Gasteiger partial charge in [0.05, 0.1) is 12.8 Å². The van der Waals surface area contributed by atoms with E-state index in [-0.39, 0.29) is 17.9 Å². The lowest BCUT2D eigenvalue weighted by Crippen LogP contribution is -2.32. The number of nitrogens with one attached hydrogen (secondary N) is 1. The van der Waals surface area contributed by atoms with Crippen molar-refractivity contribution >= 4 is 23.2 Å². The summed E-state index contributed by atoms with van der Waals surface area (Å²) in [5.74, 6) is 0.158. The molecule has 2 amide bonds. The number of rotatable bonds is 5. The number of amides is 2. The van der Waals surface area contributed by atoms with E-state index in [9.17, 15) is 9.59 Å². The highest BCUT2D eigenvalue weighted by atomic mass is 16.5. The third-order valence-electron chi connectivity index (χ3n) is 6.86. The van der Waals surface area contributed by atoms with Crippen LogP contribution in [0.4, 0.5) is 11.4 Å². The first-order valence-corrected chi connectivity index (χ1v) is 11.9. The van der Waals surface area contributed by atoms with Gasteiger partial charge in [0, 0.05) is 29.4 Å². The first kappa shape index (κ1) is 24.5. The van der Waals surface area contributed by atoms with E-state index >= 15 is 0 Å². The Balaban J connectivity index is 1.62. The smallest absolute Gasteiger partial charge is 0.258 e. The Bertz CT molecular complexity index is 1250. The SMILES string of the molecule is COc1cc(C(=O)N2CCCC(N(C)C)c3ccccc32)ccc1NC(=O)c1cccc(C)c1C. The number of fused-ring (bicyclic) bond motifs is 1. The largest absolute Gasteiger partial charge is 0.495 e. The standard InChI is InChI=1S/C29H33N3O3/c1-19-10-8-12-22(20(19)2)28(33)30-24-16-15-21(18-27(24)35-5)29(34)32-17-9-14-25(31(3)4)23-11-6-7-13-26(23)32/h6-8,10-13,15-16,18,25H,9,14,17H2,1-5H3,(H,30,33). The van der Waals surface area contributed by atoms with Crippen LogP contribution in [0.5, 0.6) is 5.75 Å². The minimum atomic E-state index is -0.209. The number of para-hydroxylation sites is 1. The molecule has 0 bridgehead atoms. The number of benzene rings is 3. The lowest BCUT2D eigenvalue weighted by atomic mass is 10.0. The zero-order valence-electron chi connectivity index (χ0n) is 21.1. The van der Waals surface area contributed by atoms with Crippen LogP contribution in [-0.4, -0.2) is 44.5 Å². The van der Waals surface area contributed by atoms with E-state index in [1.807, 2.05) is 49.1 Å². The number of nitrogens with zero attached hydrogens (tertiary/aromatic N) is 2. The number of anilines is 2. The van der Waals surface area contributed by atoms with Crippen molar-refractivity contribution in [3.63, 3.8) is 0 Å². The molecule has 0 fully saturated rings. The molecule has 6 nitrogen and oxygen atoms in total. The van der Waals surface area contributed by atoms with Crippen molar-refractivity contribution in [2.75, 3.05) is 38.0 Å². The monoisotopic (exact) mass is 471 g/mol. The average Bonchev–Trinajstić information content (AvgIpc) is 3.05. The second-order valence-corrected chi connectivity index (χ2v) is 9.25. The molecule has 0 aromatic heterocycles. The van der Waals surface area contributed by atoms with Gasteiger partial charge in [-0.1, -0.05) is 30.3 Å². The molecule has 1 unspecified atom stereocenters. The predicted molar refractivity (Wildman–Crippen MR) is 141 cm³/mol. The van der Waals surface area contributed by atoms with Crippen molar-refractivity contribution < 1.29 is 14.3 Å². The van der Waals surface area contributed by atoms with E-state index in [0.29, 0.717) is 29.1 Å². The molecule has 1 heterocycles. The fourth-order valence-corrected chi connectivity index (χ4v) is 4.75. The summed E-state index contributed by atoms with van der Waals surface area (Å²) in [7, 11) is 5.70. The maximum absolute atomic E-state index is 13.7. The van der Waals surface area contributed by atoms with Crippen LogP contribution >= 0.6 is 0 Å². The lowest BCUT2D eigenvalue weighted by molar-refractivity contribution is 0.0985. The summed E-state index contributed by atoms with van der Waals surface area (Å²) in [4.78, 5) is 30.7. The number of hydrogen-bond acceptors (Lipinski definition) is 4. The molecular formula is C29H33N3O3. The molecule has 35 heavy (non-hydrogen) atoms. The molecule has 0 spiro atoms. The van der Waals surface area contributed by atoms with Crippen LogP contribution in [0.15, 0.2) is 60.7 Å². The van der Waals surface area contributed by atoms with Crippen LogP contribution in [0.3, 0.4) is 0 Å². The quantitative estimate of drug-likeness (QED) is 0.526. The maximum atomic E-state index is 13.7. The van der Waals surface area contributed by atoms with E-state index in [1.165, 1.54) is 0 Å². The lowest BCUT2D eigenvalue weighted by Gasteiger charge is -2.27. The minimum Gasteiger partial charge on any atom is -0.495 e. The number of carbonyl (C=O) groups excluding carboxylic acids is 2. The first-order valence-electron chi connectivity index (χ1n) is 11.9. The van der Waals surface area contributed by atoms with Gasteiger partial charge < -0.3 is 19.9 Å². The van der Waals surface area contributed by atoms with Crippen molar-refractivity contribution in [2.24, 2.45) is 0 Å². The van der Waals surface area contributed by atoms with Crippen LogP contribution in [-0.2, 0) is 0 Å². The fourth-order valence-electron chi connectivity index (χ4n) is 4.75. The molecule has 4 rings (SSSR count). The molecule has 3 aromatic rings. The van der Waals surface area contributed by atoms with Gasteiger partial charge in [-0.25, -0.2) is 0 Å². The molecule has 1 aliphatic rings. The topological polar surface area (TPSA) is 61.9 Å². The van der Waals surface area contributed by atoms with Gasteiger partial charge in [-0.15, -0.1) is 0 Å². The maximum Gasteiger partial charge on any atom is 0.258 e. The fraction of sp³-hybridized carbons (Fsp3) is 0.310. The highest BCUT2D eigenvalue weighted by Crippen LogP contribution is 2.36. The van der Waals surface area contributed by atoms with Gasteiger partial charge in [0.2, 0.25) is 0 Å². The molecule has 0 saturated carbocycles. The van der Waals surface area contributed by atoms with Gasteiger partial charge in [-0.2, -0.15) is 0 Å². The van der Waals surface area contributed by atoms with Crippen molar-refractivity contribution in [1.82, 2.24) is 4.90 Å². The van der Waals surface area contributed by atoms with E-state index in [4.69, 9.17) is 4.74 Å². The third kappa shape index (κ3) is 4.93. The van der Waals surface area contributed by atoms with E-state index in [1.54, 1.807) is 31.4 Å². The Morgan fingerprint density at radius 3 is 2.54 bits per heavy atom. The number of ether oxygens (including phenoxy) is 1. The van der Waals surface area contributed by atoms with Crippen molar-refractivity contribution in [2.45, 2.75) is 32.7 Å². The minimum absolute atomic E-state index is 0.0810. The van der Waals surface area contributed by atoms with Gasteiger partial charge in [-0.3, -0.25) is 9.59 Å². The molecule has 182 valence electrons. The second kappa shape index (κ2) is 10.3. The van der Waals surface area contributed by atoms with Crippen LogP contribution in [0.1, 0.15) is 56.3 Å². The van der Waals surface area contributed by atoms with E-state index < -0.39 is 0 Å². The van der Waals surface area contributed by atoms with Crippen LogP contribution < -0.4 is 15.0 Å². The van der Waals surface area contributed by atoms with E-state index in [0.717, 1.165) is 35.2 Å². The van der Waals surface area contributed by atoms with Crippen LogP contribution in [0, 0.1) is 13.8 Å². The van der Waals surface area contributed by atoms with Crippen molar-refractivity contribution in [3.05, 3.63) is 88.5 Å². The van der Waals surface area contributed by atoms with Gasteiger partial charge >= 0.3 is 0 Å². The summed E-state index contributed by atoms with van der Waals surface area (Å²) in [5, 5.41) is 2.94. The van der Waals surface area contributed by atoms with Gasteiger partial charge in [0.1, 0.15) is 5.75 Å². The molecule has 1 aliphatic heterocycles. The van der Waals surface area contributed by atoms with Crippen molar-refractivity contribution in [3.8, 4) is 5.75 Å². The van der Waals surface area contributed by atoms with Gasteiger partial charge in [-0.05, 0) is 87.8 Å². The number of hydrogen-bond donors (Lipinski definition) is 1. The third-order valence-corrected chi connectivity index (χ3v) is 6.86. The molecule has 3 aromatic carbocycles. The molecule has 1 N–H and O–H groups in total. The number of aryl methyl sites for hydroxylation is 1. The van der Waals surface area contributed by atoms with Crippen molar-refractivity contribution in [1.29, 1.82) is 0 Å². The van der Waals surface area contributed by atoms with Gasteiger partial charge in [0.25, 0.3) is 11.8 Å². The molecule has 6 heteroatoms. The molecule has 0 radical (unpaired) electrons. The first-order chi connectivity index (χ1) is 16.8. The van der Waals surface area contributed by atoms with Crippen LogP contribution in [0.2, 0.25) is 0 Å². The number of methoxy groups -OCH3 is 1. The Labute approximate surface area is 207 Å². The Morgan fingerprint density at radius 1 is 1.03 bits per heavy atom.